The Morgan fingerprint density at radius 1 is 1.21 bits per heavy atom. The number of pyridine rings is 1. The van der Waals surface area contributed by atoms with Gasteiger partial charge in [0.05, 0.1) is 5.60 Å². The number of nitrogen functional groups attached to an aromatic ring is 1. The molecule has 3 nitrogen and oxygen atoms in total. The summed E-state index contributed by atoms with van der Waals surface area (Å²) in [5, 5.41) is 10.7. The number of anilines is 1. The molecule has 0 aliphatic rings. The van der Waals surface area contributed by atoms with Gasteiger partial charge in [0.1, 0.15) is 5.82 Å². The topological polar surface area (TPSA) is 59.1 Å². The average molecular weight is 256 g/mol. The molecule has 1 heterocycles. The van der Waals surface area contributed by atoms with E-state index in [4.69, 9.17) is 5.73 Å². The first-order valence-corrected chi connectivity index (χ1v) is 6.39. The molecule has 0 saturated carbocycles. The van der Waals surface area contributed by atoms with E-state index in [0.717, 1.165) is 11.1 Å². The standard InChI is InChI=1S/C16H20N2O/c1-11-6-7-14(9-12(11)2)16(3,19)10-13-5-4-8-18-15(13)17/h4-9,19H,10H2,1-3H3,(H2,17,18). The van der Waals surface area contributed by atoms with Gasteiger partial charge in [0.25, 0.3) is 0 Å². The van der Waals surface area contributed by atoms with Crippen molar-refractivity contribution in [2.24, 2.45) is 0 Å². The second-order valence-corrected chi connectivity index (χ2v) is 5.30. The maximum absolute atomic E-state index is 10.7. The largest absolute Gasteiger partial charge is 0.385 e. The van der Waals surface area contributed by atoms with Crippen LogP contribution in [0.4, 0.5) is 5.82 Å². The number of hydrogen-bond donors (Lipinski definition) is 2. The zero-order valence-corrected chi connectivity index (χ0v) is 11.6. The first-order valence-electron chi connectivity index (χ1n) is 6.39. The lowest BCUT2D eigenvalue weighted by atomic mass is 9.87. The van der Waals surface area contributed by atoms with Crippen LogP contribution in [0.2, 0.25) is 0 Å². The summed E-state index contributed by atoms with van der Waals surface area (Å²) in [4.78, 5) is 4.06. The van der Waals surface area contributed by atoms with Crippen molar-refractivity contribution in [3.63, 3.8) is 0 Å². The molecule has 1 aromatic heterocycles. The molecule has 2 aromatic rings. The summed E-state index contributed by atoms with van der Waals surface area (Å²) in [5.74, 6) is 0.478. The molecule has 1 atom stereocenters. The molecular weight excluding hydrogens is 236 g/mol. The number of aliphatic hydroxyl groups is 1. The molecule has 0 saturated heterocycles. The number of benzene rings is 1. The van der Waals surface area contributed by atoms with E-state index in [0.29, 0.717) is 12.2 Å². The number of aryl methyl sites for hydroxylation is 2. The van der Waals surface area contributed by atoms with Gasteiger partial charge in [-0.05, 0) is 49.1 Å². The van der Waals surface area contributed by atoms with Gasteiger partial charge in [-0.15, -0.1) is 0 Å². The first kappa shape index (κ1) is 13.6. The third kappa shape index (κ3) is 2.93. The molecule has 0 amide bonds. The predicted octanol–water partition coefficient (Wildman–Crippen LogP) is 2.73. The number of nitrogens with zero attached hydrogens (tertiary/aromatic N) is 1. The lowest BCUT2D eigenvalue weighted by molar-refractivity contribution is 0.0576. The highest BCUT2D eigenvalue weighted by atomic mass is 16.3. The Kier molecular flexibility index (Phi) is 3.58. The van der Waals surface area contributed by atoms with Gasteiger partial charge in [-0.1, -0.05) is 24.3 Å². The van der Waals surface area contributed by atoms with Crippen LogP contribution in [0.5, 0.6) is 0 Å². The zero-order valence-electron chi connectivity index (χ0n) is 11.6. The van der Waals surface area contributed by atoms with Crippen molar-refractivity contribution in [3.8, 4) is 0 Å². The van der Waals surface area contributed by atoms with Gasteiger partial charge >= 0.3 is 0 Å². The summed E-state index contributed by atoms with van der Waals surface area (Å²) < 4.78 is 0. The van der Waals surface area contributed by atoms with Crippen LogP contribution in [0.15, 0.2) is 36.5 Å². The fraction of sp³-hybridized carbons (Fsp3) is 0.312. The fourth-order valence-electron chi connectivity index (χ4n) is 2.15. The molecule has 0 radical (unpaired) electrons. The molecule has 2 rings (SSSR count). The summed E-state index contributed by atoms with van der Waals surface area (Å²) >= 11 is 0. The van der Waals surface area contributed by atoms with Crippen molar-refractivity contribution < 1.29 is 5.11 Å². The highest BCUT2D eigenvalue weighted by Crippen LogP contribution is 2.28. The Bertz CT molecular complexity index is 591. The molecule has 3 N–H and O–H groups in total. The van der Waals surface area contributed by atoms with E-state index in [9.17, 15) is 5.11 Å². The van der Waals surface area contributed by atoms with Gasteiger partial charge in [0.15, 0.2) is 0 Å². The van der Waals surface area contributed by atoms with Crippen LogP contribution in [0.25, 0.3) is 0 Å². The second kappa shape index (κ2) is 5.02. The molecule has 0 aliphatic heterocycles. The summed E-state index contributed by atoms with van der Waals surface area (Å²) in [6, 6.07) is 9.77. The van der Waals surface area contributed by atoms with E-state index in [2.05, 4.69) is 11.9 Å². The van der Waals surface area contributed by atoms with Crippen molar-refractivity contribution in [1.29, 1.82) is 0 Å². The van der Waals surface area contributed by atoms with E-state index in [-0.39, 0.29) is 0 Å². The van der Waals surface area contributed by atoms with Crippen molar-refractivity contribution in [3.05, 3.63) is 58.8 Å². The highest BCUT2D eigenvalue weighted by Gasteiger charge is 2.25. The lowest BCUT2D eigenvalue weighted by Crippen LogP contribution is -2.25. The quantitative estimate of drug-likeness (QED) is 0.887. The Morgan fingerprint density at radius 3 is 2.58 bits per heavy atom. The third-order valence-corrected chi connectivity index (χ3v) is 3.59. The normalized spacial score (nSPS) is 14.1. The van der Waals surface area contributed by atoms with Crippen LogP contribution in [0, 0.1) is 13.8 Å². The first-order chi connectivity index (χ1) is 8.90. The molecule has 0 fully saturated rings. The van der Waals surface area contributed by atoms with Crippen molar-refractivity contribution in [2.45, 2.75) is 32.8 Å². The summed E-state index contributed by atoms with van der Waals surface area (Å²) in [7, 11) is 0. The molecule has 100 valence electrons. The van der Waals surface area contributed by atoms with E-state index < -0.39 is 5.60 Å². The van der Waals surface area contributed by atoms with Crippen LogP contribution in [-0.2, 0) is 12.0 Å². The Morgan fingerprint density at radius 2 is 1.95 bits per heavy atom. The minimum Gasteiger partial charge on any atom is -0.385 e. The van der Waals surface area contributed by atoms with Crippen LogP contribution in [0.3, 0.4) is 0 Å². The summed E-state index contributed by atoms with van der Waals surface area (Å²) in [6.07, 6.45) is 2.11. The van der Waals surface area contributed by atoms with Gasteiger partial charge < -0.3 is 10.8 Å². The molecule has 3 heteroatoms. The fourth-order valence-corrected chi connectivity index (χ4v) is 2.15. The molecule has 1 unspecified atom stereocenters. The monoisotopic (exact) mass is 256 g/mol. The summed E-state index contributed by atoms with van der Waals surface area (Å²) in [6.45, 7) is 5.92. The molecule has 0 aliphatic carbocycles. The van der Waals surface area contributed by atoms with E-state index in [1.807, 2.05) is 44.2 Å². The molecule has 0 spiro atoms. The summed E-state index contributed by atoms with van der Waals surface area (Å²) in [5.41, 5.74) is 9.06. The molecule has 1 aromatic carbocycles. The predicted molar refractivity (Wildman–Crippen MR) is 77.8 cm³/mol. The van der Waals surface area contributed by atoms with Crippen LogP contribution < -0.4 is 5.73 Å². The maximum atomic E-state index is 10.7. The van der Waals surface area contributed by atoms with Crippen LogP contribution in [0.1, 0.15) is 29.2 Å². The maximum Gasteiger partial charge on any atom is 0.126 e. The highest BCUT2D eigenvalue weighted by molar-refractivity contribution is 5.41. The zero-order chi connectivity index (χ0) is 14.0. The minimum absolute atomic E-state index is 0.454. The van der Waals surface area contributed by atoms with Gasteiger partial charge in [-0.25, -0.2) is 4.98 Å². The van der Waals surface area contributed by atoms with Crippen molar-refractivity contribution >= 4 is 5.82 Å². The van der Waals surface area contributed by atoms with Crippen LogP contribution in [-0.4, -0.2) is 10.1 Å². The SMILES string of the molecule is Cc1ccc(C(C)(O)Cc2cccnc2N)cc1C. The third-order valence-electron chi connectivity index (χ3n) is 3.59. The van der Waals surface area contributed by atoms with Crippen molar-refractivity contribution in [1.82, 2.24) is 4.98 Å². The Hall–Kier alpha value is -1.87. The van der Waals surface area contributed by atoms with Gasteiger partial charge in [0.2, 0.25) is 0 Å². The van der Waals surface area contributed by atoms with Gasteiger partial charge in [-0.2, -0.15) is 0 Å². The average Bonchev–Trinajstić information content (AvgIpc) is 2.35. The molecule has 0 bridgehead atoms. The van der Waals surface area contributed by atoms with Crippen LogP contribution >= 0.6 is 0 Å². The van der Waals surface area contributed by atoms with Gasteiger partial charge in [0, 0.05) is 12.6 Å². The van der Waals surface area contributed by atoms with Crippen molar-refractivity contribution in [2.75, 3.05) is 5.73 Å². The Labute approximate surface area is 114 Å². The number of nitrogens with two attached hydrogens (primary N) is 1. The molecular formula is C16H20N2O. The Balaban J connectivity index is 2.32. The smallest absolute Gasteiger partial charge is 0.126 e. The van der Waals surface area contributed by atoms with E-state index in [1.54, 1.807) is 6.20 Å². The number of rotatable bonds is 3. The lowest BCUT2D eigenvalue weighted by Gasteiger charge is -2.25. The number of hydrogen-bond acceptors (Lipinski definition) is 3. The van der Waals surface area contributed by atoms with E-state index in [1.165, 1.54) is 11.1 Å². The van der Waals surface area contributed by atoms with E-state index >= 15 is 0 Å². The minimum atomic E-state index is -0.949. The second-order valence-electron chi connectivity index (χ2n) is 5.30. The molecule has 19 heavy (non-hydrogen) atoms. The number of aromatic nitrogens is 1. The van der Waals surface area contributed by atoms with Gasteiger partial charge in [-0.3, -0.25) is 0 Å².